The predicted molar refractivity (Wildman–Crippen MR) is 123 cm³/mol. The Kier molecular flexibility index (Phi) is 6.10. The number of nitrogens with one attached hydrogen (secondary N) is 1. The van der Waals surface area contributed by atoms with Crippen LogP contribution in [0, 0.1) is 0 Å². The van der Waals surface area contributed by atoms with Crippen molar-refractivity contribution in [2.45, 2.75) is 12.5 Å². The number of hydrogen-bond acceptors (Lipinski definition) is 7. The molecule has 1 aliphatic heterocycles. The molecule has 3 aromatic rings. The van der Waals surface area contributed by atoms with Crippen LogP contribution in [-0.2, 0) is 10.0 Å². The lowest BCUT2D eigenvalue weighted by Crippen LogP contribution is -2.26. The molecular formula is C23H23N3O6S. The lowest BCUT2D eigenvalue weighted by molar-refractivity contribution is 0.0678. The highest BCUT2D eigenvalue weighted by atomic mass is 32.2. The molecule has 33 heavy (non-hydrogen) atoms. The van der Waals surface area contributed by atoms with Gasteiger partial charge in [-0.25, -0.2) is 13.4 Å². The topological polar surface area (TPSA) is 110 Å². The van der Waals surface area contributed by atoms with E-state index in [9.17, 15) is 13.2 Å². The molecule has 0 radical (unpaired) electrons. The van der Waals surface area contributed by atoms with E-state index in [-0.39, 0.29) is 5.76 Å². The molecule has 1 aromatic heterocycles. The summed E-state index contributed by atoms with van der Waals surface area (Å²) in [5.74, 6) is 0.863. The van der Waals surface area contributed by atoms with Crippen molar-refractivity contribution < 1.29 is 27.1 Å². The number of methoxy groups -OCH3 is 2. The molecule has 1 atom stereocenters. The Hall–Kier alpha value is -3.79. The quantitative estimate of drug-likeness (QED) is 0.565. The molecule has 2 aromatic carbocycles. The monoisotopic (exact) mass is 469 g/mol. The molecule has 1 amide bonds. The van der Waals surface area contributed by atoms with Crippen molar-refractivity contribution in [1.82, 2.24) is 5.01 Å². The average Bonchev–Trinajstić information content (AvgIpc) is 3.48. The maximum absolute atomic E-state index is 13.2. The van der Waals surface area contributed by atoms with Crippen LogP contribution in [0.25, 0.3) is 0 Å². The van der Waals surface area contributed by atoms with Crippen molar-refractivity contribution in [3.8, 4) is 11.5 Å². The molecule has 0 saturated heterocycles. The number of ether oxygens (including phenoxy) is 2. The highest BCUT2D eigenvalue weighted by Gasteiger charge is 2.36. The number of benzene rings is 2. The first-order chi connectivity index (χ1) is 15.8. The molecule has 10 heteroatoms. The SMILES string of the molecule is COc1cc(OC)cc([C@H]2CC(c3ccccc3NS(C)(=O)=O)=NN2C(=O)c2ccco2)c1. The maximum Gasteiger partial charge on any atom is 0.310 e. The van der Waals surface area contributed by atoms with Crippen LogP contribution in [0.1, 0.15) is 34.1 Å². The van der Waals surface area contributed by atoms with Crippen molar-refractivity contribution in [1.29, 1.82) is 0 Å². The summed E-state index contributed by atoms with van der Waals surface area (Å²) in [5.41, 5.74) is 2.26. The molecule has 4 rings (SSSR count). The number of carbonyl (C=O) groups is 1. The van der Waals surface area contributed by atoms with E-state index >= 15 is 0 Å². The summed E-state index contributed by atoms with van der Waals surface area (Å²) < 4.78 is 42.4. The molecule has 9 nitrogen and oxygen atoms in total. The first-order valence-corrected chi connectivity index (χ1v) is 11.9. The van der Waals surface area contributed by atoms with Gasteiger partial charge < -0.3 is 13.9 Å². The second-order valence-electron chi connectivity index (χ2n) is 7.46. The summed E-state index contributed by atoms with van der Waals surface area (Å²) in [7, 11) is -0.413. The van der Waals surface area contributed by atoms with Crippen LogP contribution < -0.4 is 14.2 Å². The van der Waals surface area contributed by atoms with Crippen LogP contribution in [-0.4, -0.2) is 45.5 Å². The van der Waals surface area contributed by atoms with Gasteiger partial charge in [0.25, 0.3) is 0 Å². The zero-order valence-electron chi connectivity index (χ0n) is 18.3. The number of hydrogen-bond donors (Lipinski definition) is 1. The number of furan rings is 1. The molecule has 0 bridgehead atoms. The maximum atomic E-state index is 13.2. The Morgan fingerprint density at radius 3 is 2.39 bits per heavy atom. The smallest absolute Gasteiger partial charge is 0.310 e. The van der Waals surface area contributed by atoms with E-state index in [1.807, 2.05) is 12.1 Å². The number of para-hydroxylation sites is 1. The first kappa shape index (κ1) is 22.4. The normalized spacial score (nSPS) is 15.8. The van der Waals surface area contributed by atoms with E-state index in [1.165, 1.54) is 11.3 Å². The van der Waals surface area contributed by atoms with Gasteiger partial charge in [-0.15, -0.1) is 0 Å². The zero-order chi connectivity index (χ0) is 23.6. The van der Waals surface area contributed by atoms with Crippen LogP contribution in [0.4, 0.5) is 5.69 Å². The van der Waals surface area contributed by atoms with Gasteiger partial charge in [-0.1, -0.05) is 18.2 Å². The van der Waals surface area contributed by atoms with Crippen LogP contribution in [0.3, 0.4) is 0 Å². The van der Waals surface area contributed by atoms with Crippen molar-refractivity contribution in [2.75, 3.05) is 25.2 Å². The van der Waals surface area contributed by atoms with Crippen molar-refractivity contribution >= 4 is 27.3 Å². The third-order valence-electron chi connectivity index (χ3n) is 5.14. The summed E-state index contributed by atoms with van der Waals surface area (Å²) in [6, 6.07) is 15.0. The molecule has 2 heterocycles. The summed E-state index contributed by atoms with van der Waals surface area (Å²) in [6.07, 6.45) is 2.84. The van der Waals surface area contributed by atoms with Crippen molar-refractivity contribution in [3.05, 3.63) is 77.7 Å². The zero-order valence-corrected chi connectivity index (χ0v) is 19.1. The number of sulfonamides is 1. The van der Waals surface area contributed by atoms with Gasteiger partial charge >= 0.3 is 5.91 Å². The van der Waals surface area contributed by atoms with E-state index in [0.717, 1.165) is 11.8 Å². The lowest BCUT2D eigenvalue weighted by Gasteiger charge is -2.22. The van der Waals surface area contributed by atoms with Gasteiger partial charge in [0, 0.05) is 18.1 Å². The molecule has 1 N–H and O–H groups in total. The number of hydrazone groups is 1. The molecular weight excluding hydrogens is 446 g/mol. The van der Waals surface area contributed by atoms with E-state index in [2.05, 4.69) is 9.82 Å². The molecule has 0 unspecified atom stereocenters. The second-order valence-corrected chi connectivity index (χ2v) is 9.21. The Morgan fingerprint density at radius 1 is 1.09 bits per heavy atom. The van der Waals surface area contributed by atoms with Crippen LogP contribution in [0.2, 0.25) is 0 Å². The minimum absolute atomic E-state index is 0.141. The van der Waals surface area contributed by atoms with E-state index < -0.39 is 22.0 Å². The fourth-order valence-corrected chi connectivity index (χ4v) is 4.26. The number of rotatable bonds is 7. The fourth-order valence-electron chi connectivity index (χ4n) is 3.68. The highest BCUT2D eigenvalue weighted by molar-refractivity contribution is 7.92. The highest BCUT2D eigenvalue weighted by Crippen LogP contribution is 2.38. The largest absolute Gasteiger partial charge is 0.497 e. The third-order valence-corrected chi connectivity index (χ3v) is 5.73. The predicted octanol–water partition coefficient (Wildman–Crippen LogP) is 3.66. The average molecular weight is 470 g/mol. The van der Waals surface area contributed by atoms with Gasteiger partial charge in [0.2, 0.25) is 10.0 Å². The van der Waals surface area contributed by atoms with Crippen molar-refractivity contribution in [3.63, 3.8) is 0 Å². The molecule has 1 aliphatic rings. The van der Waals surface area contributed by atoms with Gasteiger partial charge in [-0.05, 0) is 35.9 Å². The number of nitrogens with zero attached hydrogens (tertiary/aromatic N) is 2. The first-order valence-electron chi connectivity index (χ1n) is 10.0. The fraction of sp³-hybridized carbons (Fsp3) is 0.217. The molecule has 172 valence electrons. The third kappa shape index (κ3) is 4.85. The van der Waals surface area contributed by atoms with Crippen LogP contribution in [0.5, 0.6) is 11.5 Å². The van der Waals surface area contributed by atoms with Gasteiger partial charge in [0.05, 0.1) is 44.2 Å². The summed E-state index contributed by atoms with van der Waals surface area (Å²) >= 11 is 0. The van der Waals surface area contributed by atoms with Gasteiger partial charge in [-0.3, -0.25) is 9.52 Å². The number of carbonyl (C=O) groups excluding carboxylic acids is 1. The standard InChI is InChI=1S/C23H23N3O6S/c1-30-16-11-15(12-17(13-16)31-2)21-14-20(24-26(21)23(27)22-9-6-10-32-22)18-7-4-5-8-19(18)25-33(3,28)29/h4-13,21,25H,14H2,1-3H3/t21-/m1/s1. The summed E-state index contributed by atoms with van der Waals surface area (Å²) in [5, 5.41) is 5.94. The summed E-state index contributed by atoms with van der Waals surface area (Å²) in [4.78, 5) is 13.2. The van der Waals surface area contributed by atoms with E-state index in [4.69, 9.17) is 13.9 Å². The minimum atomic E-state index is -3.51. The van der Waals surface area contributed by atoms with Crippen LogP contribution >= 0.6 is 0 Å². The lowest BCUT2D eigenvalue weighted by atomic mass is 9.97. The second kappa shape index (κ2) is 8.99. The van der Waals surface area contributed by atoms with E-state index in [1.54, 1.807) is 56.7 Å². The van der Waals surface area contributed by atoms with Crippen molar-refractivity contribution in [2.24, 2.45) is 5.10 Å². The molecule has 0 aliphatic carbocycles. The van der Waals surface area contributed by atoms with Gasteiger partial charge in [0.15, 0.2) is 5.76 Å². The Bertz CT molecular complexity index is 1280. The van der Waals surface area contributed by atoms with E-state index in [0.29, 0.717) is 34.9 Å². The molecule has 0 fully saturated rings. The number of amides is 1. The minimum Gasteiger partial charge on any atom is -0.497 e. The van der Waals surface area contributed by atoms with Crippen LogP contribution in [0.15, 0.2) is 70.4 Å². The Morgan fingerprint density at radius 2 is 1.79 bits per heavy atom. The Labute approximate surface area is 191 Å². The van der Waals surface area contributed by atoms with Gasteiger partial charge in [0.1, 0.15) is 11.5 Å². The molecule has 0 saturated carbocycles. The molecule has 0 spiro atoms. The summed E-state index contributed by atoms with van der Waals surface area (Å²) in [6.45, 7) is 0. The Balaban J connectivity index is 1.79. The van der Waals surface area contributed by atoms with Gasteiger partial charge in [-0.2, -0.15) is 5.10 Å². The number of anilines is 1.